The van der Waals surface area contributed by atoms with Gasteiger partial charge in [0, 0.05) is 32.3 Å². The molecule has 0 aliphatic rings. The zero-order chi connectivity index (χ0) is 12.7. The van der Waals surface area contributed by atoms with Gasteiger partial charge in [-0.1, -0.05) is 0 Å². The number of benzene rings is 1. The summed E-state index contributed by atoms with van der Waals surface area (Å²) in [5.74, 6) is 0.114. The smallest absolute Gasteiger partial charge is 0.167 e. The quantitative estimate of drug-likeness (QED) is 0.589. The topological polar surface area (TPSA) is 53.7 Å². The minimum Gasteiger partial charge on any atom is -0.491 e. The summed E-state index contributed by atoms with van der Waals surface area (Å²) in [6.07, 6.45) is 0.747. The van der Waals surface area contributed by atoms with Crippen molar-refractivity contribution in [3.8, 4) is 11.5 Å². The average Bonchev–Trinajstić information content (AvgIpc) is 2.30. The molecule has 1 aromatic rings. The van der Waals surface area contributed by atoms with Crippen molar-refractivity contribution < 1.29 is 18.6 Å². The fraction of sp³-hybridized carbons (Fsp3) is 0.500. The molecule has 1 aromatic carbocycles. The Morgan fingerprint density at radius 2 is 1.94 bits per heavy atom. The van der Waals surface area contributed by atoms with Crippen molar-refractivity contribution in [1.29, 1.82) is 0 Å². The lowest BCUT2D eigenvalue weighted by Crippen LogP contribution is -2.04. The van der Waals surface area contributed by atoms with Crippen LogP contribution in [0.15, 0.2) is 12.1 Å². The van der Waals surface area contributed by atoms with Gasteiger partial charge in [-0.3, -0.25) is 0 Å². The molecule has 0 heterocycles. The first-order valence-electron chi connectivity index (χ1n) is 5.52. The van der Waals surface area contributed by atoms with Crippen LogP contribution in [-0.4, -0.2) is 26.9 Å². The molecular weight excluding hydrogens is 225 g/mol. The van der Waals surface area contributed by atoms with Gasteiger partial charge in [0.1, 0.15) is 5.75 Å². The maximum atomic E-state index is 13.4. The number of nitrogen functional groups attached to an aromatic ring is 1. The lowest BCUT2D eigenvalue weighted by atomic mass is 10.2. The molecule has 17 heavy (non-hydrogen) atoms. The molecule has 0 fully saturated rings. The summed E-state index contributed by atoms with van der Waals surface area (Å²) in [5.41, 5.74) is 5.92. The number of nitrogens with two attached hydrogens (primary N) is 1. The Morgan fingerprint density at radius 3 is 2.59 bits per heavy atom. The van der Waals surface area contributed by atoms with Crippen molar-refractivity contribution in [2.75, 3.05) is 32.7 Å². The van der Waals surface area contributed by atoms with Crippen LogP contribution in [0.4, 0.5) is 10.1 Å². The van der Waals surface area contributed by atoms with Gasteiger partial charge in [-0.2, -0.15) is 0 Å². The third kappa shape index (κ3) is 4.11. The molecule has 1 rings (SSSR count). The highest BCUT2D eigenvalue weighted by Crippen LogP contribution is 2.30. The van der Waals surface area contributed by atoms with Crippen LogP contribution in [0.5, 0.6) is 11.5 Å². The Hall–Kier alpha value is -1.49. The number of anilines is 1. The highest BCUT2D eigenvalue weighted by atomic mass is 19.1. The second-order valence-corrected chi connectivity index (χ2v) is 3.45. The first kappa shape index (κ1) is 13.6. The third-order valence-electron chi connectivity index (χ3n) is 2.11. The van der Waals surface area contributed by atoms with Gasteiger partial charge in [-0.15, -0.1) is 0 Å². The molecule has 0 aliphatic heterocycles. The van der Waals surface area contributed by atoms with Crippen molar-refractivity contribution in [1.82, 2.24) is 0 Å². The first-order chi connectivity index (χ1) is 8.19. The molecule has 0 radical (unpaired) electrons. The fourth-order valence-corrected chi connectivity index (χ4v) is 1.33. The molecule has 0 aromatic heterocycles. The summed E-state index contributed by atoms with van der Waals surface area (Å²) in [4.78, 5) is 0. The molecule has 2 N–H and O–H groups in total. The maximum absolute atomic E-state index is 13.4. The second-order valence-electron chi connectivity index (χ2n) is 3.45. The highest BCUT2D eigenvalue weighted by Gasteiger charge is 2.09. The molecule has 0 amide bonds. The van der Waals surface area contributed by atoms with E-state index in [1.165, 1.54) is 12.1 Å². The molecule has 0 unspecified atom stereocenters. The normalized spacial score (nSPS) is 10.3. The Bertz CT molecular complexity index is 358. The zero-order valence-corrected chi connectivity index (χ0v) is 10.2. The number of hydrogen-bond acceptors (Lipinski definition) is 4. The second kappa shape index (κ2) is 6.96. The summed E-state index contributed by atoms with van der Waals surface area (Å²) in [7, 11) is 1.62. The first-order valence-corrected chi connectivity index (χ1v) is 5.52. The van der Waals surface area contributed by atoms with E-state index < -0.39 is 5.82 Å². The standard InChI is InChI=1S/C12H18FNO3/c1-3-16-11-8-12(10(14)7-9(11)13)17-6-4-5-15-2/h7-8H,3-6,14H2,1-2H3. The Morgan fingerprint density at radius 1 is 1.18 bits per heavy atom. The minimum absolute atomic E-state index is 0.156. The minimum atomic E-state index is -0.478. The molecule has 0 saturated heterocycles. The summed E-state index contributed by atoms with van der Waals surface area (Å²) in [6, 6.07) is 2.68. The summed E-state index contributed by atoms with van der Waals surface area (Å²) < 4.78 is 28.8. The van der Waals surface area contributed by atoms with Crippen molar-refractivity contribution >= 4 is 5.69 Å². The number of methoxy groups -OCH3 is 1. The summed E-state index contributed by atoms with van der Waals surface area (Å²) in [5, 5.41) is 0. The van der Waals surface area contributed by atoms with E-state index in [2.05, 4.69) is 0 Å². The predicted molar refractivity (Wildman–Crippen MR) is 64.0 cm³/mol. The van der Waals surface area contributed by atoms with Crippen molar-refractivity contribution in [3.05, 3.63) is 17.9 Å². The van der Waals surface area contributed by atoms with E-state index in [0.29, 0.717) is 25.6 Å². The molecular formula is C12H18FNO3. The largest absolute Gasteiger partial charge is 0.491 e. The van der Waals surface area contributed by atoms with Gasteiger partial charge in [0.15, 0.2) is 11.6 Å². The van der Waals surface area contributed by atoms with Gasteiger partial charge >= 0.3 is 0 Å². The lowest BCUT2D eigenvalue weighted by Gasteiger charge is -2.11. The van der Waals surface area contributed by atoms with E-state index in [-0.39, 0.29) is 11.4 Å². The van der Waals surface area contributed by atoms with Gasteiger partial charge in [0.2, 0.25) is 0 Å². The van der Waals surface area contributed by atoms with Crippen LogP contribution in [0.1, 0.15) is 13.3 Å². The molecule has 0 spiro atoms. The van der Waals surface area contributed by atoms with Crippen molar-refractivity contribution in [3.63, 3.8) is 0 Å². The molecule has 0 atom stereocenters. The number of rotatable bonds is 7. The Balaban J connectivity index is 2.66. The maximum Gasteiger partial charge on any atom is 0.167 e. The molecule has 96 valence electrons. The Labute approximate surface area is 100 Å². The predicted octanol–water partition coefficient (Wildman–Crippen LogP) is 2.22. The van der Waals surface area contributed by atoms with Gasteiger partial charge < -0.3 is 19.9 Å². The molecule has 0 aliphatic carbocycles. The van der Waals surface area contributed by atoms with Crippen LogP contribution >= 0.6 is 0 Å². The molecule has 5 heteroatoms. The van der Waals surface area contributed by atoms with E-state index in [1.54, 1.807) is 14.0 Å². The third-order valence-corrected chi connectivity index (χ3v) is 2.11. The molecule has 0 saturated carbocycles. The summed E-state index contributed by atoms with van der Waals surface area (Å²) in [6.45, 7) is 3.26. The van der Waals surface area contributed by atoms with Gasteiger partial charge in [0.05, 0.1) is 18.9 Å². The van der Waals surface area contributed by atoms with Gasteiger partial charge in [-0.25, -0.2) is 4.39 Å². The fourth-order valence-electron chi connectivity index (χ4n) is 1.33. The Kier molecular flexibility index (Phi) is 5.56. The van der Waals surface area contributed by atoms with Crippen molar-refractivity contribution in [2.24, 2.45) is 0 Å². The van der Waals surface area contributed by atoms with Gasteiger partial charge in [-0.05, 0) is 6.92 Å². The molecule has 4 nitrogen and oxygen atoms in total. The van der Waals surface area contributed by atoms with E-state index in [9.17, 15) is 4.39 Å². The molecule has 0 bridgehead atoms. The number of hydrogen-bond donors (Lipinski definition) is 1. The lowest BCUT2D eigenvalue weighted by molar-refractivity contribution is 0.172. The van der Waals surface area contributed by atoms with Crippen molar-refractivity contribution in [2.45, 2.75) is 13.3 Å². The van der Waals surface area contributed by atoms with Crippen LogP contribution in [0, 0.1) is 5.82 Å². The monoisotopic (exact) mass is 243 g/mol. The summed E-state index contributed by atoms with van der Waals surface area (Å²) >= 11 is 0. The SMILES string of the molecule is CCOc1cc(OCCCOC)c(N)cc1F. The van der Waals surface area contributed by atoms with Crippen LogP contribution in [0.2, 0.25) is 0 Å². The van der Waals surface area contributed by atoms with E-state index in [0.717, 1.165) is 6.42 Å². The van der Waals surface area contributed by atoms with Crippen LogP contribution in [-0.2, 0) is 4.74 Å². The number of ether oxygens (including phenoxy) is 3. The van der Waals surface area contributed by atoms with Gasteiger partial charge in [0.25, 0.3) is 0 Å². The van der Waals surface area contributed by atoms with E-state index in [1.807, 2.05) is 0 Å². The van der Waals surface area contributed by atoms with Crippen LogP contribution in [0.25, 0.3) is 0 Å². The van der Waals surface area contributed by atoms with Crippen LogP contribution in [0.3, 0.4) is 0 Å². The van der Waals surface area contributed by atoms with E-state index in [4.69, 9.17) is 19.9 Å². The number of halogens is 1. The highest BCUT2D eigenvalue weighted by molar-refractivity contribution is 5.56. The van der Waals surface area contributed by atoms with Crippen LogP contribution < -0.4 is 15.2 Å². The average molecular weight is 243 g/mol. The van der Waals surface area contributed by atoms with E-state index >= 15 is 0 Å². The zero-order valence-electron chi connectivity index (χ0n) is 10.2.